The second-order valence-corrected chi connectivity index (χ2v) is 7.51. The van der Waals surface area contributed by atoms with Crippen LogP contribution in [-0.4, -0.2) is 36.8 Å². The van der Waals surface area contributed by atoms with E-state index in [4.69, 9.17) is 5.73 Å². The molecule has 1 aromatic carbocycles. The monoisotopic (exact) mass is 399 g/mol. The summed E-state index contributed by atoms with van der Waals surface area (Å²) in [6.45, 7) is 2.13. The molecule has 118 valence electrons. The molecule has 1 aliphatic rings. The first-order valence-corrected chi connectivity index (χ1v) is 8.17. The van der Waals surface area contributed by atoms with Crippen LogP contribution in [0.4, 0.5) is 5.69 Å². The minimum absolute atomic E-state index is 0. The zero-order chi connectivity index (χ0) is 15.1. The molecule has 0 radical (unpaired) electrons. The maximum absolute atomic E-state index is 12.4. The highest BCUT2D eigenvalue weighted by Crippen LogP contribution is 2.31. The lowest BCUT2D eigenvalue weighted by Crippen LogP contribution is -2.32. The van der Waals surface area contributed by atoms with Gasteiger partial charge in [0.15, 0.2) is 0 Å². The Labute approximate surface area is 137 Å². The molecule has 0 saturated carbocycles. The summed E-state index contributed by atoms with van der Waals surface area (Å²) < 4.78 is 26.5. The van der Waals surface area contributed by atoms with Gasteiger partial charge < -0.3 is 5.73 Å². The smallest absolute Gasteiger partial charge is 0.274 e. The lowest BCUT2D eigenvalue weighted by molar-refractivity contribution is -0.385. The van der Waals surface area contributed by atoms with Crippen molar-refractivity contribution in [2.75, 3.05) is 13.1 Å². The lowest BCUT2D eigenvalue weighted by Gasteiger charge is -2.16. The standard InChI is InChI=1S/C11H14BrN3O4S.ClH/c1-7-10(12)4-9(5-11(7)15(16)17)20(18,19)14-3-2-8(13)6-14;/h4-5,8H,2-3,6,13H2,1H3;1H/t8-;/m1./s1. The molecule has 0 amide bonds. The first-order chi connectivity index (χ1) is 9.23. The number of hydrogen-bond donors (Lipinski definition) is 1. The van der Waals surface area contributed by atoms with Crippen molar-refractivity contribution in [2.24, 2.45) is 5.73 Å². The van der Waals surface area contributed by atoms with Crippen LogP contribution in [-0.2, 0) is 10.0 Å². The molecule has 0 unspecified atom stereocenters. The average molecular weight is 401 g/mol. The molecule has 1 aliphatic heterocycles. The fourth-order valence-corrected chi connectivity index (χ4v) is 4.26. The summed E-state index contributed by atoms with van der Waals surface area (Å²) in [4.78, 5) is 10.3. The van der Waals surface area contributed by atoms with Crippen molar-refractivity contribution >= 4 is 44.0 Å². The van der Waals surface area contributed by atoms with E-state index in [0.717, 1.165) is 6.07 Å². The Balaban J connectivity index is 0.00000220. The molecule has 10 heteroatoms. The number of sulfonamides is 1. The van der Waals surface area contributed by atoms with Crippen LogP contribution in [0.15, 0.2) is 21.5 Å². The van der Waals surface area contributed by atoms with Gasteiger partial charge in [0.2, 0.25) is 10.0 Å². The molecule has 0 spiro atoms. The lowest BCUT2D eigenvalue weighted by atomic mass is 10.2. The Morgan fingerprint density at radius 1 is 1.48 bits per heavy atom. The predicted octanol–water partition coefficient (Wildman–Crippen LogP) is 1.81. The molecule has 1 saturated heterocycles. The molecule has 1 heterocycles. The van der Waals surface area contributed by atoms with E-state index in [2.05, 4.69) is 15.9 Å². The van der Waals surface area contributed by atoms with E-state index in [9.17, 15) is 18.5 Å². The molecule has 2 rings (SSSR count). The maximum Gasteiger partial charge on any atom is 0.274 e. The van der Waals surface area contributed by atoms with Crippen LogP contribution in [0.5, 0.6) is 0 Å². The van der Waals surface area contributed by atoms with Crippen LogP contribution in [0.25, 0.3) is 0 Å². The molecule has 7 nitrogen and oxygen atoms in total. The van der Waals surface area contributed by atoms with Gasteiger partial charge in [-0.15, -0.1) is 12.4 Å². The minimum Gasteiger partial charge on any atom is -0.326 e. The van der Waals surface area contributed by atoms with Crippen LogP contribution in [0, 0.1) is 17.0 Å². The summed E-state index contributed by atoms with van der Waals surface area (Å²) in [5.41, 5.74) is 5.88. The maximum atomic E-state index is 12.4. The van der Waals surface area contributed by atoms with E-state index >= 15 is 0 Å². The number of nitrogens with zero attached hydrogens (tertiary/aromatic N) is 2. The van der Waals surface area contributed by atoms with Crippen molar-refractivity contribution < 1.29 is 13.3 Å². The summed E-state index contributed by atoms with van der Waals surface area (Å²) >= 11 is 3.17. The van der Waals surface area contributed by atoms with Crippen LogP contribution < -0.4 is 5.73 Å². The third-order valence-electron chi connectivity index (χ3n) is 3.31. The van der Waals surface area contributed by atoms with E-state index in [0.29, 0.717) is 23.0 Å². The quantitative estimate of drug-likeness (QED) is 0.615. The molecular weight excluding hydrogens is 386 g/mol. The van der Waals surface area contributed by atoms with Gasteiger partial charge in [0, 0.05) is 35.2 Å². The number of nitrogens with two attached hydrogens (primary N) is 1. The molecule has 2 N–H and O–H groups in total. The van der Waals surface area contributed by atoms with Crippen molar-refractivity contribution in [2.45, 2.75) is 24.3 Å². The Bertz CT molecular complexity index is 668. The van der Waals surface area contributed by atoms with Gasteiger partial charge in [-0.25, -0.2) is 8.42 Å². The van der Waals surface area contributed by atoms with E-state index in [-0.39, 0.29) is 35.6 Å². The molecule has 1 fully saturated rings. The second kappa shape index (κ2) is 6.57. The van der Waals surface area contributed by atoms with Gasteiger partial charge >= 0.3 is 0 Å². The Morgan fingerprint density at radius 2 is 2.10 bits per heavy atom. The number of hydrogen-bond acceptors (Lipinski definition) is 5. The number of benzene rings is 1. The highest BCUT2D eigenvalue weighted by atomic mass is 79.9. The fourth-order valence-electron chi connectivity index (χ4n) is 2.10. The molecule has 1 aromatic rings. The van der Waals surface area contributed by atoms with Crippen molar-refractivity contribution in [3.63, 3.8) is 0 Å². The SMILES string of the molecule is Cc1c(Br)cc(S(=O)(=O)N2CC[C@@H](N)C2)cc1[N+](=O)[O-].Cl. The summed E-state index contributed by atoms with van der Waals surface area (Å²) in [5.74, 6) is 0. The van der Waals surface area contributed by atoms with Crippen LogP contribution in [0.3, 0.4) is 0 Å². The van der Waals surface area contributed by atoms with Crippen molar-refractivity contribution in [1.29, 1.82) is 0 Å². The van der Waals surface area contributed by atoms with Gasteiger partial charge in [0.25, 0.3) is 5.69 Å². The van der Waals surface area contributed by atoms with Gasteiger partial charge in [-0.3, -0.25) is 10.1 Å². The highest BCUT2D eigenvalue weighted by molar-refractivity contribution is 9.10. The summed E-state index contributed by atoms with van der Waals surface area (Å²) in [7, 11) is -3.75. The molecular formula is C11H15BrClN3O4S. The molecule has 0 aliphatic carbocycles. The van der Waals surface area contributed by atoms with Gasteiger partial charge in [0.1, 0.15) is 0 Å². The van der Waals surface area contributed by atoms with Crippen LogP contribution in [0.2, 0.25) is 0 Å². The normalized spacial score (nSPS) is 19.3. The Kier molecular flexibility index (Phi) is 5.73. The van der Waals surface area contributed by atoms with Crippen molar-refractivity contribution in [3.05, 3.63) is 32.3 Å². The second-order valence-electron chi connectivity index (χ2n) is 4.72. The Hall–Kier alpha value is -0.740. The average Bonchev–Trinajstić information content (AvgIpc) is 2.79. The van der Waals surface area contributed by atoms with Gasteiger partial charge in [-0.2, -0.15) is 4.31 Å². The van der Waals surface area contributed by atoms with E-state index in [1.807, 2.05) is 0 Å². The summed E-state index contributed by atoms with van der Waals surface area (Å²) in [5, 5.41) is 11.0. The summed E-state index contributed by atoms with van der Waals surface area (Å²) in [6.07, 6.45) is 0.592. The number of nitro benzene ring substituents is 1. The minimum atomic E-state index is -3.75. The van der Waals surface area contributed by atoms with E-state index in [1.165, 1.54) is 10.4 Å². The Morgan fingerprint density at radius 3 is 2.57 bits per heavy atom. The van der Waals surface area contributed by atoms with Gasteiger partial charge in [0.05, 0.1) is 9.82 Å². The number of nitro groups is 1. The van der Waals surface area contributed by atoms with Gasteiger partial charge in [-0.05, 0) is 19.4 Å². The van der Waals surface area contributed by atoms with E-state index in [1.54, 1.807) is 6.92 Å². The van der Waals surface area contributed by atoms with Crippen LogP contribution in [0.1, 0.15) is 12.0 Å². The van der Waals surface area contributed by atoms with E-state index < -0.39 is 14.9 Å². The highest BCUT2D eigenvalue weighted by Gasteiger charge is 2.32. The zero-order valence-electron chi connectivity index (χ0n) is 11.2. The molecule has 0 bridgehead atoms. The fraction of sp³-hybridized carbons (Fsp3) is 0.455. The topological polar surface area (TPSA) is 107 Å². The largest absolute Gasteiger partial charge is 0.326 e. The van der Waals surface area contributed by atoms with Gasteiger partial charge in [-0.1, -0.05) is 15.9 Å². The molecule has 1 atom stereocenters. The first-order valence-electron chi connectivity index (χ1n) is 5.93. The zero-order valence-corrected chi connectivity index (χ0v) is 14.4. The predicted molar refractivity (Wildman–Crippen MR) is 84.1 cm³/mol. The van der Waals surface area contributed by atoms with Crippen molar-refractivity contribution in [1.82, 2.24) is 4.31 Å². The third-order valence-corrected chi connectivity index (χ3v) is 5.98. The van der Waals surface area contributed by atoms with Crippen molar-refractivity contribution in [3.8, 4) is 0 Å². The molecule has 21 heavy (non-hydrogen) atoms. The van der Waals surface area contributed by atoms with Crippen LogP contribution >= 0.6 is 28.3 Å². The number of halogens is 2. The molecule has 0 aromatic heterocycles. The third kappa shape index (κ3) is 3.54. The summed E-state index contributed by atoms with van der Waals surface area (Å²) in [6, 6.07) is 2.30. The first kappa shape index (κ1) is 18.3. The number of rotatable bonds is 3.